The monoisotopic (exact) mass is 325 g/mol. The standard InChI is InChI=1S/C19H19NO4/c1-13-10-16(18(21)22)11-15-8-5-9-20(17(13)15)19(23)24-12-14-6-3-2-4-7-14/h2-4,6-7,10-11H,5,8-9,12H2,1H3,(H,21,22). The summed E-state index contributed by atoms with van der Waals surface area (Å²) in [5.74, 6) is -0.954. The Morgan fingerprint density at radius 3 is 2.67 bits per heavy atom. The van der Waals surface area contributed by atoms with Gasteiger partial charge < -0.3 is 9.84 Å². The van der Waals surface area contributed by atoms with Crippen LogP contribution >= 0.6 is 0 Å². The summed E-state index contributed by atoms with van der Waals surface area (Å²) in [6, 6.07) is 12.8. The summed E-state index contributed by atoms with van der Waals surface area (Å²) in [6.45, 7) is 2.62. The molecule has 1 amide bonds. The van der Waals surface area contributed by atoms with Crippen LogP contribution in [0.4, 0.5) is 10.5 Å². The lowest BCUT2D eigenvalue weighted by molar-refractivity contribution is 0.0696. The summed E-state index contributed by atoms with van der Waals surface area (Å²) in [7, 11) is 0. The fourth-order valence-electron chi connectivity index (χ4n) is 3.07. The van der Waals surface area contributed by atoms with Gasteiger partial charge in [0.05, 0.1) is 11.3 Å². The van der Waals surface area contributed by atoms with Crippen molar-refractivity contribution in [3.63, 3.8) is 0 Å². The number of ether oxygens (including phenoxy) is 1. The number of benzene rings is 2. The maximum atomic E-state index is 12.5. The van der Waals surface area contributed by atoms with Crippen molar-refractivity contribution in [2.75, 3.05) is 11.4 Å². The zero-order chi connectivity index (χ0) is 17.1. The Bertz CT molecular complexity index is 770. The van der Waals surface area contributed by atoms with Crippen molar-refractivity contribution in [3.8, 4) is 0 Å². The molecule has 0 spiro atoms. The van der Waals surface area contributed by atoms with Crippen LogP contribution in [0.15, 0.2) is 42.5 Å². The zero-order valence-electron chi connectivity index (χ0n) is 13.5. The molecule has 1 heterocycles. The third-order valence-corrected chi connectivity index (χ3v) is 4.15. The molecule has 0 unspecified atom stereocenters. The Labute approximate surface area is 140 Å². The van der Waals surface area contributed by atoms with Crippen molar-refractivity contribution in [1.82, 2.24) is 0 Å². The number of fused-ring (bicyclic) bond motifs is 1. The molecule has 24 heavy (non-hydrogen) atoms. The van der Waals surface area contributed by atoms with Crippen molar-refractivity contribution in [2.24, 2.45) is 0 Å². The number of carbonyl (C=O) groups excluding carboxylic acids is 1. The lowest BCUT2D eigenvalue weighted by Gasteiger charge is -2.30. The van der Waals surface area contributed by atoms with E-state index in [1.807, 2.05) is 37.3 Å². The number of anilines is 1. The van der Waals surface area contributed by atoms with Crippen molar-refractivity contribution in [2.45, 2.75) is 26.4 Å². The van der Waals surface area contributed by atoms with E-state index in [-0.39, 0.29) is 12.2 Å². The van der Waals surface area contributed by atoms with Gasteiger partial charge in [0.2, 0.25) is 0 Å². The number of rotatable bonds is 3. The highest BCUT2D eigenvalue weighted by Crippen LogP contribution is 2.32. The lowest BCUT2D eigenvalue weighted by atomic mass is 9.96. The Morgan fingerprint density at radius 2 is 1.96 bits per heavy atom. The highest BCUT2D eigenvalue weighted by atomic mass is 16.6. The topological polar surface area (TPSA) is 66.8 Å². The van der Waals surface area contributed by atoms with Crippen LogP contribution in [0.5, 0.6) is 0 Å². The molecule has 0 fully saturated rings. The molecule has 0 atom stereocenters. The number of aryl methyl sites for hydroxylation is 2. The number of carbonyl (C=O) groups is 2. The Kier molecular flexibility index (Phi) is 4.51. The summed E-state index contributed by atoms with van der Waals surface area (Å²) in [5, 5.41) is 9.19. The fraction of sp³-hybridized carbons (Fsp3) is 0.263. The summed E-state index contributed by atoms with van der Waals surface area (Å²) >= 11 is 0. The molecule has 1 N–H and O–H groups in total. The minimum absolute atomic E-state index is 0.220. The molecule has 0 saturated carbocycles. The van der Waals surface area contributed by atoms with Crippen LogP contribution in [0.25, 0.3) is 0 Å². The first-order valence-corrected chi connectivity index (χ1v) is 7.91. The molecule has 124 valence electrons. The minimum atomic E-state index is -0.954. The van der Waals surface area contributed by atoms with Gasteiger partial charge in [-0.2, -0.15) is 0 Å². The average Bonchev–Trinajstić information content (AvgIpc) is 2.59. The van der Waals surface area contributed by atoms with E-state index in [9.17, 15) is 14.7 Å². The highest BCUT2D eigenvalue weighted by Gasteiger charge is 2.26. The number of carboxylic acid groups (broad SMARTS) is 1. The van der Waals surface area contributed by atoms with Gasteiger partial charge in [-0.15, -0.1) is 0 Å². The molecule has 5 heteroatoms. The van der Waals surface area contributed by atoms with Crippen LogP contribution in [0.1, 0.15) is 33.5 Å². The van der Waals surface area contributed by atoms with Crippen LogP contribution in [0.3, 0.4) is 0 Å². The second kappa shape index (κ2) is 6.74. The van der Waals surface area contributed by atoms with Gasteiger partial charge in [-0.05, 0) is 48.6 Å². The molecule has 0 bridgehead atoms. The van der Waals surface area contributed by atoms with Crippen LogP contribution in [0, 0.1) is 6.92 Å². The average molecular weight is 325 g/mol. The van der Waals surface area contributed by atoms with Crippen molar-refractivity contribution in [3.05, 3.63) is 64.7 Å². The zero-order valence-corrected chi connectivity index (χ0v) is 13.5. The van der Waals surface area contributed by atoms with Gasteiger partial charge in [0.25, 0.3) is 0 Å². The van der Waals surface area contributed by atoms with Gasteiger partial charge in [0.1, 0.15) is 6.61 Å². The Hall–Kier alpha value is -2.82. The number of hydrogen-bond acceptors (Lipinski definition) is 3. The van der Waals surface area contributed by atoms with E-state index in [0.717, 1.165) is 35.2 Å². The van der Waals surface area contributed by atoms with E-state index in [1.165, 1.54) is 0 Å². The second-order valence-corrected chi connectivity index (χ2v) is 5.90. The molecule has 0 aromatic heterocycles. The highest BCUT2D eigenvalue weighted by molar-refractivity contribution is 5.94. The molecule has 2 aromatic carbocycles. The van der Waals surface area contributed by atoms with Crippen molar-refractivity contribution < 1.29 is 19.4 Å². The Balaban J connectivity index is 1.81. The summed E-state index contributed by atoms with van der Waals surface area (Å²) in [5.41, 5.74) is 3.63. The van der Waals surface area contributed by atoms with E-state index < -0.39 is 12.1 Å². The molecule has 1 aliphatic heterocycles. The third-order valence-electron chi connectivity index (χ3n) is 4.15. The van der Waals surface area contributed by atoms with Gasteiger partial charge in [0.15, 0.2) is 0 Å². The number of aromatic carboxylic acids is 1. The van der Waals surface area contributed by atoms with E-state index in [1.54, 1.807) is 17.0 Å². The fourth-order valence-corrected chi connectivity index (χ4v) is 3.07. The predicted molar refractivity (Wildman–Crippen MR) is 90.4 cm³/mol. The molecule has 1 aliphatic rings. The van der Waals surface area contributed by atoms with E-state index in [2.05, 4.69) is 0 Å². The van der Waals surface area contributed by atoms with E-state index in [0.29, 0.717) is 6.54 Å². The molecular formula is C19H19NO4. The first-order valence-electron chi connectivity index (χ1n) is 7.91. The largest absolute Gasteiger partial charge is 0.478 e. The van der Waals surface area contributed by atoms with E-state index in [4.69, 9.17) is 4.74 Å². The summed E-state index contributed by atoms with van der Waals surface area (Å²) in [4.78, 5) is 25.3. The molecular weight excluding hydrogens is 306 g/mol. The number of carboxylic acids is 1. The number of amides is 1. The maximum absolute atomic E-state index is 12.5. The van der Waals surface area contributed by atoms with Crippen LogP contribution in [0.2, 0.25) is 0 Å². The SMILES string of the molecule is Cc1cc(C(=O)O)cc2c1N(C(=O)OCc1ccccc1)CCC2. The number of nitrogens with zero attached hydrogens (tertiary/aromatic N) is 1. The molecule has 0 saturated heterocycles. The predicted octanol–water partition coefficient (Wildman–Crippen LogP) is 3.78. The van der Waals surface area contributed by atoms with Gasteiger partial charge in [-0.1, -0.05) is 30.3 Å². The Morgan fingerprint density at radius 1 is 1.21 bits per heavy atom. The first-order chi connectivity index (χ1) is 11.6. The number of hydrogen-bond donors (Lipinski definition) is 1. The lowest BCUT2D eigenvalue weighted by Crippen LogP contribution is -2.36. The van der Waals surface area contributed by atoms with Crippen LogP contribution in [-0.2, 0) is 17.8 Å². The van der Waals surface area contributed by atoms with Gasteiger partial charge in [-0.3, -0.25) is 4.90 Å². The summed E-state index contributed by atoms with van der Waals surface area (Å²) < 4.78 is 5.43. The van der Waals surface area contributed by atoms with Gasteiger partial charge in [0, 0.05) is 6.54 Å². The van der Waals surface area contributed by atoms with Crippen molar-refractivity contribution >= 4 is 17.7 Å². The van der Waals surface area contributed by atoms with E-state index >= 15 is 0 Å². The molecule has 3 rings (SSSR count). The van der Waals surface area contributed by atoms with Gasteiger partial charge >= 0.3 is 12.1 Å². The third kappa shape index (κ3) is 3.25. The quantitative estimate of drug-likeness (QED) is 0.932. The molecule has 5 nitrogen and oxygen atoms in total. The van der Waals surface area contributed by atoms with Crippen LogP contribution < -0.4 is 4.90 Å². The molecule has 0 radical (unpaired) electrons. The minimum Gasteiger partial charge on any atom is -0.478 e. The smallest absolute Gasteiger partial charge is 0.414 e. The van der Waals surface area contributed by atoms with Crippen LogP contribution in [-0.4, -0.2) is 23.7 Å². The maximum Gasteiger partial charge on any atom is 0.414 e. The normalized spacial score (nSPS) is 13.3. The van der Waals surface area contributed by atoms with Gasteiger partial charge in [-0.25, -0.2) is 9.59 Å². The molecule has 0 aliphatic carbocycles. The molecule has 2 aromatic rings. The summed E-state index contributed by atoms with van der Waals surface area (Å²) in [6.07, 6.45) is 1.15. The van der Waals surface area contributed by atoms with Crippen molar-refractivity contribution in [1.29, 1.82) is 0 Å². The second-order valence-electron chi connectivity index (χ2n) is 5.90. The first kappa shape index (κ1) is 16.1.